The van der Waals surface area contributed by atoms with Crippen LogP contribution in [0, 0.1) is 5.92 Å². The molecule has 1 saturated heterocycles. The van der Waals surface area contributed by atoms with E-state index < -0.39 is 0 Å². The minimum atomic E-state index is -0.117. The molecule has 7 nitrogen and oxygen atoms in total. The third kappa shape index (κ3) is 6.66. The molecular weight excluding hydrogens is 390 g/mol. The van der Waals surface area contributed by atoms with Crippen molar-refractivity contribution in [3.05, 3.63) is 48.2 Å². The minimum Gasteiger partial charge on any atom is -0.494 e. The molecule has 0 radical (unpaired) electrons. The van der Waals surface area contributed by atoms with Gasteiger partial charge in [0.2, 0.25) is 0 Å². The number of amides is 2. The van der Waals surface area contributed by atoms with E-state index in [9.17, 15) is 4.79 Å². The Hall–Kier alpha value is -2.67. The van der Waals surface area contributed by atoms with E-state index in [2.05, 4.69) is 44.7 Å². The van der Waals surface area contributed by atoms with Crippen LogP contribution in [0.5, 0.6) is 5.75 Å². The van der Waals surface area contributed by atoms with Gasteiger partial charge in [-0.15, -0.1) is 5.10 Å². The Kier molecular flexibility index (Phi) is 7.71. The van der Waals surface area contributed by atoms with E-state index in [4.69, 9.17) is 4.74 Å². The molecule has 1 aliphatic carbocycles. The number of nitrogens with one attached hydrogen (secondary N) is 1. The zero-order valence-electron chi connectivity index (χ0n) is 18.2. The lowest BCUT2D eigenvalue weighted by Gasteiger charge is -2.34. The van der Waals surface area contributed by atoms with Crippen LogP contribution in [-0.4, -0.2) is 58.8 Å². The summed E-state index contributed by atoms with van der Waals surface area (Å²) < 4.78 is 6.05. The van der Waals surface area contributed by atoms with Gasteiger partial charge in [0.05, 0.1) is 6.61 Å². The summed E-state index contributed by atoms with van der Waals surface area (Å²) in [4.78, 5) is 16.6. The maximum absolute atomic E-state index is 12.4. The standard InChI is InChI=1S/C24H33N5O2/c30-24(26-23-10-5-12-25-27-23)29-15-13-28(14-16-29)19-21-8-4-9-22(18-21)31-17-11-20-6-2-1-3-7-20/h4-5,8-10,12,18,20H,1-3,6-7,11,13-17,19H2,(H,26,27,30). The summed E-state index contributed by atoms with van der Waals surface area (Å²) in [5.74, 6) is 2.30. The maximum Gasteiger partial charge on any atom is 0.323 e. The van der Waals surface area contributed by atoms with Crippen LogP contribution in [0.25, 0.3) is 0 Å². The van der Waals surface area contributed by atoms with Crippen LogP contribution >= 0.6 is 0 Å². The summed E-state index contributed by atoms with van der Waals surface area (Å²) >= 11 is 0. The van der Waals surface area contributed by atoms with Gasteiger partial charge in [-0.3, -0.25) is 10.2 Å². The quantitative estimate of drug-likeness (QED) is 0.724. The monoisotopic (exact) mass is 423 g/mol. The molecule has 0 unspecified atom stereocenters. The smallest absolute Gasteiger partial charge is 0.323 e. The zero-order chi connectivity index (χ0) is 21.3. The Balaban J connectivity index is 1.19. The number of ether oxygens (including phenoxy) is 1. The van der Waals surface area contributed by atoms with Gasteiger partial charge in [-0.25, -0.2) is 4.79 Å². The van der Waals surface area contributed by atoms with Crippen LogP contribution < -0.4 is 10.1 Å². The number of hydrogen-bond donors (Lipinski definition) is 1. The van der Waals surface area contributed by atoms with Gasteiger partial charge >= 0.3 is 6.03 Å². The van der Waals surface area contributed by atoms with Gasteiger partial charge < -0.3 is 9.64 Å². The number of carbonyl (C=O) groups excluding carboxylic acids is 1. The molecule has 1 N–H and O–H groups in total. The SMILES string of the molecule is O=C(Nc1cccnn1)N1CCN(Cc2cccc(OCCC3CCCCC3)c2)CC1. The lowest BCUT2D eigenvalue weighted by molar-refractivity contribution is 0.143. The minimum absolute atomic E-state index is 0.117. The number of urea groups is 1. The van der Waals surface area contributed by atoms with Gasteiger partial charge in [-0.1, -0.05) is 44.2 Å². The Morgan fingerprint density at radius 3 is 2.68 bits per heavy atom. The van der Waals surface area contributed by atoms with Crippen molar-refractivity contribution >= 4 is 11.8 Å². The first-order valence-electron chi connectivity index (χ1n) is 11.5. The van der Waals surface area contributed by atoms with Crippen LogP contribution in [0.15, 0.2) is 42.6 Å². The second-order valence-electron chi connectivity index (χ2n) is 8.59. The van der Waals surface area contributed by atoms with Gasteiger partial charge in [0.1, 0.15) is 5.75 Å². The summed E-state index contributed by atoms with van der Waals surface area (Å²) in [5, 5.41) is 10.5. The molecule has 1 aromatic carbocycles. The summed E-state index contributed by atoms with van der Waals surface area (Å²) in [7, 11) is 0. The molecule has 2 aliphatic rings. The average molecular weight is 424 g/mol. The molecule has 1 aliphatic heterocycles. The van der Waals surface area contributed by atoms with Crippen molar-refractivity contribution in [3.8, 4) is 5.75 Å². The molecule has 4 rings (SSSR count). The Morgan fingerprint density at radius 1 is 1.06 bits per heavy atom. The molecule has 2 amide bonds. The second kappa shape index (κ2) is 11.1. The number of carbonyl (C=O) groups is 1. The summed E-state index contributed by atoms with van der Waals surface area (Å²) in [6, 6.07) is 11.8. The average Bonchev–Trinajstić information content (AvgIpc) is 2.81. The van der Waals surface area contributed by atoms with Gasteiger partial charge in [-0.2, -0.15) is 5.10 Å². The fraction of sp³-hybridized carbons (Fsp3) is 0.542. The van der Waals surface area contributed by atoms with Crippen molar-refractivity contribution in [2.24, 2.45) is 5.92 Å². The first-order valence-corrected chi connectivity index (χ1v) is 11.5. The van der Waals surface area contributed by atoms with Crippen molar-refractivity contribution in [2.45, 2.75) is 45.1 Å². The molecule has 0 spiro atoms. The lowest BCUT2D eigenvalue weighted by Crippen LogP contribution is -2.49. The number of anilines is 1. The van der Waals surface area contributed by atoms with Crippen LogP contribution in [0.2, 0.25) is 0 Å². The van der Waals surface area contributed by atoms with E-state index in [1.807, 2.05) is 4.90 Å². The van der Waals surface area contributed by atoms with Gasteiger partial charge in [0.15, 0.2) is 5.82 Å². The predicted molar refractivity (Wildman–Crippen MR) is 121 cm³/mol. The van der Waals surface area contributed by atoms with E-state index in [0.29, 0.717) is 18.9 Å². The third-order valence-corrected chi connectivity index (χ3v) is 6.29. The van der Waals surface area contributed by atoms with E-state index in [0.717, 1.165) is 37.9 Å². The number of hydrogen-bond acceptors (Lipinski definition) is 5. The van der Waals surface area contributed by atoms with Crippen LogP contribution in [0.1, 0.15) is 44.1 Å². The fourth-order valence-electron chi connectivity index (χ4n) is 4.48. The second-order valence-corrected chi connectivity index (χ2v) is 8.59. The summed E-state index contributed by atoms with van der Waals surface area (Å²) in [5.41, 5.74) is 1.26. The summed E-state index contributed by atoms with van der Waals surface area (Å²) in [6.45, 7) is 4.78. The number of aromatic nitrogens is 2. The molecule has 31 heavy (non-hydrogen) atoms. The van der Waals surface area contributed by atoms with Crippen molar-refractivity contribution in [1.82, 2.24) is 20.0 Å². The number of benzene rings is 1. The molecule has 166 valence electrons. The van der Waals surface area contributed by atoms with Crippen molar-refractivity contribution < 1.29 is 9.53 Å². The van der Waals surface area contributed by atoms with E-state index in [-0.39, 0.29) is 6.03 Å². The molecule has 2 fully saturated rings. The number of piperazine rings is 1. The number of nitrogens with zero attached hydrogens (tertiary/aromatic N) is 4. The molecule has 0 atom stereocenters. The highest BCUT2D eigenvalue weighted by molar-refractivity contribution is 5.88. The van der Waals surface area contributed by atoms with Crippen LogP contribution in [-0.2, 0) is 6.54 Å². The molecule has 7 heteroatoms. The highest BCUT2D eigenvalue weighted by Crippen LogP contribution is 2.26. The highest BCUT2D eigenvalue weighted by Gasteiger charge is 2.21. The van der Waals surface area contributed by atoms with Crippen molar-refractivity contribution in [3.63, 3.8) is 0 Å². The molecule has 1 aromatic heterocycles. The molecule has 1 saturated carbocycles. The van der Waals surface area contributed by atoms with E-state index in [1.165, 1.54) is 44.1 Å². The Labute approximate surface area is 184 Å². The van der Waals surface area contributed by atoms with Gasteiger partial charge in [-0.05, 0) is 42.2 Å². The van der Waals surface area contributed by atoms with Crippen LogP contribution in [0.4, 0.5) is 10.6 Å². The first kappa shape index (κ1) is 21.6. The van der Waals surface area contributed by atoms with Crippen molar-refractivity contribution in [1.29, 1.82) is 0 Å². The Morgan fingerprint density at radius 2 is 1.90 bits per heavy atom. The normalized spacial score (nSPS) is 18.0. The summed E-state index contributed by atoms with van der Waals surface area (Å²) in [6.07, 6.45) is 9.66. The number of rotatable bonds is 7. The first-order chi connectivity index (χ1) is 15.3. The zero-order valence-corrected chi connectivity index (χ0v) is 18.2. The Bertz CT molecular complexity index is 818. The third-order valence-electron chi connectivity index (χ3n) is 6.29. The van der Waals surface area contributed by atoms with Gasteiger partial charge in [0.25, 0.3) is 0 Å². The molecule has 2 aromatic rings. The molecule has 0 bridgehead atoms. The lowest BCUT2D eigenvalue weighted by atomic mass is 9.87. The molecular formula is C24H33N5O2. The van der Waals surface area contributed by atoms with Crippen LogP contribution in [0.3, 0.4) is 0 Å². The highest BCUT2D eigenvalue weighted by atomic mass is 16.5. The maximum atomic E-state index is 12.4. The predicted octanol–water partition coefficient (Wildman–Crippen LogP) is 4.18. The fourth-order valence-corrected chi connectivity index (χ4v) is 4.48. The van der Waals surface area contributed by atoms with Crippen molar-refractivity contribution in [2.75, 3.05) is 38.1 Å². The molecule has 2 heterocycles. The topological polar surface area (TPSA) is 70.6 Å². The van der Waals surface area contributed by atoms with Gasteiger partial charge in [0, 0.05) is 38.9 Å². The largest absolute Gasteiger partial charge is 0.494 e. The van der Waals surface area contributed by atoms with E-state index >= 15 is 0 Å². The van der Waals surface area contributed by atoms with E-state index in [1.54, 1.807) is 18.3 Å².